The highest BCUT2D eigenvalue weighted by atomic mass is 19.1. The SMILES string of the molecule is CCNCc1ccc(N2CCCN(C(C)=O)CC2)c(F)c1. The monoisotopic (exact) mass is 293 g/mol. The molecule has 1 aliphatic heterocycles. The normalized spacial score (nSPS) is 16.0. The van der Waals surface area contributed by atoms with Gasteiger partial charge in [-0.05, 0) is 30.7 Å². The molecule has 116 valence electrons. The first-order valence-electron chi connectivity index (χ1n) is 7.61. The van der Waals surface area contributed by atoms with Crippen molar-refractivity contribution in [3.8, 4) is 0 Å². The third-order valence-electron chi connectivity index (χ3n) is 3.87. The Morgan fingerprint density at radius 2 is 2.10 bits per heavy atom. The van der Waals surface area contributed by atoms with Crippen LogP contribution in [0.2, 0.25) is 0 Å². The van der Waals surface area contributed by atoms with Crippen molar-refractivity contribution < 1.29 is 9.18 Å². The second-order valence-corrected chi connectivity index (χ2v) is 5.41. The Balaban J connectivity index is 2.05. The molecule has 0 bridgehead atoms. The van der Waals surface area contributed by atoms with E-state index in [0.717, 1.165) is 31.6 Å². The maximum Gasteiger partial charge on any atom is 0.219 e. The molecule has 0 unspecified atom stereocenters. The highest BCUT2D eigenvalue weighted by Crippen LogP contribution is 2.22. The number of halogens is 1. The summed E-state index contributed by atoms with van der Waals surface area (Å²) < 4.78 is 14.3. The van der Waals surface area contributed by atoms with E-state index < -0.39 is 0 Å². The van der Waals surface area contributed by atoms with Crippen LogP contribution in [0.5, 0.6) is 0 Å². The molecule has 0 aliphatic carbocycles. The van der Waals surface area contributed by atoms with E-state index in [1.54, 1.807) is 13.0 Å². The van der Waals surface area contributed by atoms with Gasteiger partial charge in [-0.25, -0.2) is 4.39 Å². The summed E-state index contributed by atoms with van der Waals surface area (Å²) in [5.41, 5.74) is 1.60. The Labute approximate surface area is 125 Å². The Kier molecular flexibility index (Phi) is 5.56. The average molecular weight is 293 g/mol. The number of carbonyl (C=O) groups is 1. The predicted molar refractivity (Wildman–Crippen MR) is 82.9 cm³/mol. The summed E-state index contributed by atoms with van der Waals surface area (Å²) >= 11 is 0. The van der Waals surface area contributed by atoms with E-state index in [4.69, 9.17) is 0 Å². The Hall–Kier alpha value is -1.62. The lowest BCUT2D eigenvalue weighted by molar-refractivity contribution is -0.128. The third kappa shape index (κ3) is 4.17. The van der Waals surface area contributed by atoms with E-state index in [0.29, 0.717) is 25.3 Å². The molecule has 0 radical (unpaired) electrons. The van der Waals surface area contributed by atoms with Crippen LogP contribution in [-0.4, -0.2) is 43.5 Å². The molecule has 1 amide bonds. The number of anilines is 1. The molecule has 0 saturated carbocycles. The summed E-state index contributed by atoms with van der Waals surface area (Å²) in [7, 11) is 0. The van der Waals surface area contributed by atoms with Crippen molar-refractivity contribution in [3.63, 3.8) is 0 Å². The smallest absolute Gasteiger partial charge is 0.219 e. The first-order valence-corrected chi connectivity index (χ1v) is 7.61. The number of carbonyl (C=O) groups excluding carboxylic acids is 1. The van der Waals surface area contributed by atoms with Crippen LogP contribution >= 0.6 is 0 Å². The van der Waals surface area contributed by atoms with Crippen molar-refractivity contribution in [2.45, 2.75) is 26.8 Å². The van der Waals surface area contributed by atoms with Crippen LogP contribution in [0.15, 0.2) is 18.2 Å². The summed E-state index contributed by atoms with van der Waals surface area (Å²) in [6.07, 6.45) is 0.873. The lowest BCUT2D eigenvalue weighted by atomic mass is 10.1. The standard InChI is InChI=1S/C16H24FN3O/c1-3-18-12-14-5-6-16(15(17)11-14)20-8-4-7-19(9-10-20)13(2)21/h5-6,11,18H,3-4,7-10,12H2,1-2H3. The van der Waals surface area contributed by atoms with Crippen LogP contribution in [0.3, 0.4) is 0 Å². The number of nitrogens with zero attached hydrogens (tertiary/aromatic N) is 2. The van der Waals surface area contributed by atoms with Crippen molar-refractivity contribution in [2.24, 2.45) is 0 Å². The van der Waals surface area contributed by atoms with Crippen molar-refractivity contribution in [2.75, 3.05) is 37.6 Å². The molecular formula is C16H24FN3O. The van der Waals surface area contributed by atoms with E-state index in [-0.39, 0.29) is 11.7 Å². The number of nitrogens with one attached hydrogen (secondary N) is 1. The van der Waals surface area contributed by atoms with Crippen LogP contribution < -0.4 is 10.2 Å². The van der Waals surface area contributed by atoms with E-state index in [9.17, 15) is 9.18 Å². The number of hydrogen-bond acceptors (Lipinski definition) is 3. The van der Waals surface area contributed by atoms with E-state index in [1.807, 2.05) is 28.9 Å². The highest BCUT2D eigenvalue weighted by Gasteiger charge is 2.18. The van der Waals surface area contributed by atoms with Gasteiger partial charge in [0.15, 0.2) is 0 Å². The molecular weight excluding hydrogens is 269 g/mol. The van der Waals surface area contributed by atoms with Gasteiger partial charge in [0, 0.05) is 39.6 Å². The van der Waals surface area contributed by atoms with Gasteiger partial charge in [0.2, 0.25) is 5.91 Å². The molecule has 1 aromatic carbocycles. The summed E-state index contributed by atoms with van der Waals surface area (Å²) in [6, 6.07) is 5.42. The second kappa shape index (κ2) is 7.41. The van der Waals surface area contributed by atoms with Crippen LogP contribution in [0.1, 0.15) is 25.8 Å². The summed E-state index contributed by atoms with van der Waals surface area (Å²) in [4.78, 5) is 15.3. The lowest BCUT2D eigenvalue weighted by Crippen LogP contribution is -2.33. The first kappa shape index (κ1) is 15.8. The van der Waals surface area contributed by atoms with Crippen LogP contribution in [0.25, 0.3) is 0 Å². The van der Waals surface area contributed by atoms with Crippen molar-refractivity contribution in [1.82, 2.24) is 10.2 Å². The van der Waals surface area contributed by atoms with Gasteiger partial charge in [-0.2, -0.15) is 0 Å². The molecule has 4 nitrogen and oxygen atoms in total. The van der Waals surface area contributed by atoms with E-state index >= 15 is 0 Å². The Morgan fingerprint density at radius 1 is 1.29 bits per heavy atom. The van der Waals surface area contributed by atoms with Crippen molar-refractivity contribution in [1.29, 1.82) is 0 Å². The zero-order valence-electron chi connectivity index (χ0n) is 12.9. The average Bonchev–Trinajstić information content (AvgIpc) is 2.71. The zero-order chi connectivity index (χ0) is 15.2. The number of rotatable bonds is 4. The van der Waals surface area contributed by atoms with Gasteiger partial charge in [-0.3, -0.25) is 4.79 Å². The van der Waals surface area contributed by atoms with E-state index in [1.165, 1.54) is 0 Å². The van der Waals surface area contributed by atoms with Gasteiger partial charge in [0.1, 0.15) is 5.82 Å². The summed E-state index contributed by atoms with van der Waals surface area (Å²) in [5, 5.41) is 3.19. The van der Waals surface area contributed by atoms with Crippen LogP contribution in [0.4, 0.5) is 10.1 Å². The highest BCUT2D eigenvalue weighted by molar-refractivity contribution is 5.73. The van der Waals surface area contributed by atoms with Gasteiger partial charge < -0.3 is 15.1 Å². The molecule has 1 aromatic rings. The zero-order valence-corrected chi connectivity index (χ0v) is 12.9. The van der Waals surface area contributed by atoms with Gasteiger partial charge >= 0.3 is 0 Å². The summed E-state index contributed by atoms with van der Waals surface area (Å²) in [5.74, 6) is -0.0833. The molecule has 21 heavy (non-hydrogen) atoms. The molecule has 1 heterocycles. The lowest BCUT2D eigenvalue weighted by Gasteiger charge is -2.24. The molecule has 1 fully saturated rings. The van der Waals surface area contributed by atoms with E-state index in [2.05, 4.69) is 5.32 Å². The molecule has 0 atom stereocenters. The van der Waals surface area contributed by atoms with Crippen LogP contribution in [0, 0.1) is 5.82 Å². The molecule has 1 aliphatic rings. The van der Waals surface area contributed by atoms with Crippen molar-refractivity contribution in [3.05, 3.63) is 29.6 Å². The van der Waals surface area contributed by atoms with Crippen LogP contribution in [-0.2, 0) is 11.3 Å². The maximum atomic E-state index is 14.3. The van der Waals surface area contributed by atoms with Gasteiger partial charge in [-0.1, -0.05) is 13.0 Å². The predicted octanol–water partition coefficient (Wildman–Crippen LogP) is 1.99. The quantitative estimate of drug-likeness (QED) is 0.922. The number of hydrogen-bond donors (Lipinski definition) is 1. The third-order valence-corrected chi connectivity index (χ3v) is 3.87. The minimum atomic E-state index is -0.179. The minimum Gasteiger partial charge on any atom is -0.367 e. The topological polar surface area (TPSA) is 35.6 Å². The molecule has 1 saturated heterocycles. The number of amides is 1. The fraction of sp³-hybridized carbons (Fsp3) is 0.562. The molecule has 5 heteroatoms. The van der Waals surface area contributed by atoms with Gasteiger partial charge in [0.05, 0.1) is 5.69 Å². The minimum absolute atomic E-state index is 0.0957. The molecule has 0 spiro atoms. The van der Waals surface area contributed by atoms with Gasteiger partial charge in [-0.15, -0.1) is 0 Å². The van der Waals surface area contributed by atoms with Crippen molar-refractivity contribution >= 4 is 11.6 Å². The second-order valence-electron chi connectivity index (χ2n) is 5.41. The van der Waals surface area contributed by atoms with Gasteiger partial charge in [0.25, 0.3) is 0 Å². The molecule has 2 rings (SSSR count). The Bertz CT molecular complexity index is 492. The summed E-state index contributed by atoms with van der Waals surface area (Å²) in [6.45, 7) is 8.06. The first-order chi connectivity index (χ1) is 10.1. The fourth-order valence-corrected chi connectivity index (χ4v) is 2.66. The maximum absolute atomic E-state index is 14.3. The molecule has 0 aromatic heterocycles. The fourth-order valence-electron chi connectivity index (χ4n) is 2.66. The Morgan fingerprint density at radius 3 is 2.76 bits per heavy atom. The number of benzene rings is 1. The molecule has 1 N–H and O–H groups in total. The largest absolute Gasteiger partial charge is 0.367 e.